The lowest BCUT2D eigenvalue weighted by molar-refractivity contribution is -0.384. The average molecular weight is 339 g/mol. The maximum atomic E-state index is 12.2. The Balaban J connectivity index is 1.61. The Kier molecular flexibility index (Phi) is 4.88. The van der Waals surface area contributed by atoms with E-state index in [1.807, 2.05) is 12.1 Å². The minimum atomic E-state index is -0.679. The van der Waals surface area contributed by atoms with E-state index in [-0.39, 0.29) is 23.6 Å². The molecule has 0 amide bonds. The first-order chi connectivity index (χ1) is 12.0. The number of nitro groups is 1. The Morgan fingerprint density at radius 3 is 2.28 bits per heavy atom. The summed E-state index contributed by atoms with van der Waals surface area (Å²) in [6, 6.07) is 10.7. The normalized spacial score (nSPS) is 13.0. The van der Waals surface area contributed by atoms with Crippen LogP contribution in [0.5, 0.6) is 0 Å². The topological polar surface area (TPSA) is 86.5 Å². The Hall–Kier alpha value is -3.02. The summed E-state index contributed by atoms with van der Waals surface area (Å²) in [5.41, 5.74) is 3.08. The summed E-state index contributed by atoms with van der Waals surface area (Å²) >= 11 is 0. The number of carbonyl (C=O) groups is 2. The number of hydrogen-bond acceptors (Lipinski definition) is 5. The van der Waals surface area contributed by atoms with Gasteiger partial charge in [-0.2, -0.15) is 0 Å². The molecule has 0 saturated heterocycles. The maximum Gasteiger partial charge on any atom is 0.338 e. The van der Waals surface area contributed by atoms with Gasteiger partial charge in [0, 0.05) is 17.7 Å². The van der Waals surface area contributed by atoms with Crippen LogP contribution in [-0.4, -0.2) is 23.3 Å². The number of nitro benzene ring substituents is 1. The molecule has 2 aromatic rings. The monoisotopic (exact) mass is 339 g/mol. The maximum absolute atomic E-state index is 12.2. The fraction of sp³-hybridized carbons (Fsp3) is 0.263. The summed E-state index contributed by atoms with van der Waals surface area (Å²) in [5, 5.41) is 10.6. The van der Waals surface area contributed by atoms with E-state index in [1.54, 1.807) is 6.07 Å². The molecule has 0 saturated carbocycles. The van der Waals surface area contributed by atoms with Crippen LogP contribution in [0, 0.1) is 10.1 Å². The van der Waals surface area contributed by atoms with E-state index in [1.165, 1.54) is 41.8 Å². The Morgan fingerprint density at radius 1 is 0.960 bits per heavy atom. The first-order valence-electron chi connectivity index (χ1n) is 8.11. The minimum Gasteiger partial charge on any atom is -0.454 e. The number of ketones is 1. The number of Topliss-reactive ketones (excluding diaryl/α,β-unsaturated/α-hetero) is 1. The number of aryl methyl sites for hydroxylation is 2. The van der Waals surface area contributed by atoms with Gasteiger partial charge in [0.1, 0.15) is 0 Å². The summed E-state index contributed by atoms with van der Waals surface area (Å²) in [4.78, 5) is 34.2. The zero-order valence-electron chi connectivity index (χ0n) is 13.6. The van der Waals surface area contributed by atoms with Crippen LogP contribution in [0.3, 0.4) is 0 Å². The molecular formula is C19H17NO5. The smallest absolute Gasteiger partial charge is 0.338 e. The van der Waals surface area contributed by atoms with Gasteiger partial charge in [-0.3, -0.25) is 14.9 Å². The summed E-state index contributed by atoms with van der Waals surface area (Å²) in [6.07, 6.45) is 4.31. The minimum absolute atomic E-state index is 0.110. The molecule has 1 aliphatic rings. The third kappa shape index (κ3) is 3.91. The van der Waals surface area contributed by atoms with Gasteiger partial charge in [0.2, 0.25) is 0 Å². The molecule has 0 aliphatic heterocycles. The van der Waals surface area contributed by atoms with Crippen molar-refractivity contribution >= 4 is 17.4 Å². The second-order valence-corrected chi connectivity index (χ2v) is 5.99. The van der Waals surface area contributed by atoms with E-state index in [0.717, 1.165) is 19.3 Å². The summed E-state index contributed by atoms with van der Waals surface area (Å²) in [6.45, 7) is -0.353. The summed E-state index contributed by atoms with van der Waals surface area (Å²) < 4.78 is 5.03. The molecule has 0 bridgehead atoms. The number of rotatable bonds is 5. The lowest BCUT2D eigenvalue weighted by Gasteiger charge is -2.16. The van der Waals surface area contributed by atoms with Crippen molar-refractivity contribution in [1.82, 2.24) is 0 Å². The van der Waals surface area contributed by atoms with Crippen molar-refractivity contribution in [1.29, 1.82) is 0 Å². The third-order valence-corrected chi connectivity index (χ3v) is 4.32. The van der Waals surface area contributed by atoms with E-state index >= 15 is 0 Å². The van der Waals surface area contributed by atoms with Crippen LogP contribution in [0.4, 0.5) is 5.69 Å². The highest BCUT2D eigenvalue weighted by Crippen LogP contribution is 2.22. The molecule has 0 fully saturated rings. The average Bonchev–Trinajstić information content (AvgIpc) is 2.65. The third-order valence-electron chi connectivity index (χ3n) is 4.32. The fourth-order valence-electron chi connectivity index (χ4n) is 2.92. The van der Waals surface area contributed by atoms with E-state index in [0.29, 0.717) is 5.56 Å². The quantitative estimate of drug-likeness (QED) is 0.360. The summed E-state index contributed by atoms with van der Waals surface area (Å²) in [7, 11) is 0. The van der Waals surface area contributed by atoms with Crippen molar-refractivity contribution in [2.75, 3.05) is 6.61 Å². The molecule has 0 N–H and O–H groups in total. The van der Waals surface area contributed by atoms with Crippen molar-refractivity contribution < 1.29 is 19.2 Å². The van der Waals surface area contributed by atoms with Gasteiger partial charge >= 0.3 is 5.97 Å². The molecule has 0 aromatic heterocycles. The van der Waals surface area contributed by atoms with Crippen molar-refractivity contribution in [2.45, 2.75) is 25.7 Å². The number of nitrogens with zero attached hydrogens (tertiary/aromatic N) is 1. The number of carbonyl (C=O) groups excluding carboxylic acids is 2. The molecule has 25 heavy (non-hydrogen) atoms. The molecule has 0 unspecified atom stereocenters. The SMILES string of the molecule is O=C(COC(=O)c1ccc([N+](=O)[O-])cc1)c1ccc2c(c1)CCCC2. The molecule has 0 spiro atoms. The van der Waals surface area contributed by atoms with E-state index < -0.39 is 10.9 Å². The lowest BCUT2D eigenvalue weighted by Crippen LogP contribution is -2.15. The Bertz CT molecular complexity index is 826. The second kappa shape index (κ2) is 7.25. The highest BCUT2D eigenvalue weighted by molar-refractivity contribution is 5.99. The highest BCUT2D eigenvalue weighted by atomic mass is 16.6. The zero-order chi connectivity index (χ0) is 17.8. The zero-order valence-corrected chi connectivity index (χ0v) is 13.6. The predicted molar refractivity (Wildman–Crippen MR) is 90.8 cm³/mol. The molecular weight excluding hydrogens is 322 g/mol. The number of ether oxygens (including phenoxy) is 1. The molecule has 128 valence electrons. The van der Waals surface area contributed by atoms with Gasteiger partial charge < -0.3 is 4.74 Å². The molecule has 1 aliphatic carbocycles. The first kappa shape index (κ1) is 16.8. The Morgan fingerprint density at radius 2 is 1.60 bits per heavy atom. The van der Waals surface area contributed by atoms with Crippen molar-refractivity contribution in [3.63, 3.8) is 0 Å². The van der Waals surface area contributed by atoms with E-state index in [4.69, 9.17) is 4.74 Å². The molecule has 0 atom stereocenters. The van der Waals surface area contributed by atoms with E-state index in [9.17, 15) is 19.7 Å². The van der Waals surface area contributed by atoms with Gasteiger partial charge in [-0.15, -0.1) is 0 Å². The van der Waals surface area contributed by atoms with Gasteiger partial charge in [0.15, 0.2) is 12.4 Å². The van der Waals surface area contributed by atoms with Crippen LogP contribution in [0.1, 0.15) is 44.7 Å². The van der Waals surface area contributed by atoms with Gasteiger partial charge in [-0.1, -0.05) is 12.1 Å². The van der Waals surface area contributed by atoms with Crippen LogP contribution in [0.25, 0.3) is 0 Å². The number of hydrogen-bond donors (Lipinski definition) is 0. The number of fused-ring (bicyclic) bond motifs is 1. The predicted octanol–water partition coefficient (Wildman–Crippen LogP) is 3.51. The van der Waals surface area contributed by atoms with Crippen LogP contribution in [0.2, 0.25) is 0 Å². The van der Waals surface area contributed by atoms with Gasteiger partial charge in [0.05, 0.1) is 10.5 Å². The fourth-order valence-corrected chi connectivity index (χ4v) is 2.92. The lowest BCUT2D eigenvalue weighted by atomic mass is 9.90. The molecule has 2 aromatic carbocycles. The highest BCUT2D eigenvalue weighted by Gasteiger charge is 2.16. The van der Waals surface area contributed by atoms with Crippen molar-refractivity contribution in [2.24, 2.45) is 0 Å². The van der Waals surface area contributed by atoms with Gasteiger partial charge in [-0.05, 0) is 55.0 Å². The van der Waals surface area contributed by atoms with Crippen LogP contribution < -0.4 is 0 Å². The van der Waals surface area contributed by atoms with Crippen LogP contribution >= 0.6 is 0 Å². The first-order valence-corrected chi connectivity index (χ1v) is 8.11. The number of non-ortho nitro benzene ring substituents is 1. The summed E-state index contributed by atoms with van der Waals surface area (Å²) in [5.74, 6) is -0.940. The van der Waals surface area contributed by atoms with Crippen LogP contribution in [-0.2, 0) is 17.6 Å². The molecule has 3 rings (SSSR count). The van der Waals surface area contributed by atoms with Crippen LogP contribution in [0.15, 0.2) is 42.5 Å². The molecule has 0 heterocycles. The molecule has 0 radical (unpaired) electrons. The molecule has 6 heteroatoms. The number of esters is 1. The molecule has 6 nitrogen and oxygen atoms in total. The van der Waals surface area contributed by atoms with Gasteiger partial charge in [-0.25, -0.2) is 4.79 Å². The van der Waals surface area contributed by atoms with Gasteiger partial charge in [0.25, 0.3) is 5.69 Å². The Labute approximate surface area is 144 Å². The van der Waals surface area contributed by atoms with Crippen molar-refractivity contribution in [3.05, 3.63) is 74.8 Å². The van der Waals surface area contributed by atoms with Crippen molar-refractivity contribution in [3.8, 4) is 0 Å². The second-order valence-electron chi connectivity index (χ2n) is 5.99. The largest absolute Gasteiger partial charge is 0.454 e. The number of benzene rings is 2. The van der Waals surface area contributed by atoms with E-state index in [2.05, 4.69) is 0 Å². The standard InChI is InChI=1S/C19H17NO5/c21-18(16-6-5-13-3-1-2-4-15(13)11-16)12-25-19(22)14-7-9-17(10-8-14)20(23)24/h5-11H,1-4,12H2.